The normalized spacial score (nSPS) is 38.7. The molecule has 7 heteroatoms. The van der Waals surface area contributed by atoms with Gasteiger partial charge in [0.2, 0.25) is 0 Å². The zero-order valence-corrected chi connectivity index (χ0v) is 11.2. The van der Waals surface area contributed by atoms with Crippen LogP contribution in [0.5, 0.6) is 0 Å². The lowest BCUT2D eigenvalue weighted by atomic mass is 9.54. The Morgan fingerprint density at radius 2 is 1.69 bits per heavy atom. The van der Waals surface area contributed by atoms with E-state index in [-0.39, 0.29) is 0 Å². The lowest BCUT2D eigenvalue weighted by molar-refractivity contribution is 0.0349. The number of hydrogen-bond acceptors (Lipinski definition) is 4. The first-order chi connectivity index (χ1) is 7.44. The summed E-state index contributed by atoms with van der Waals surface area (Å²) in [4.78, 5) is 0. The fourth-order valence-corrected chi connectivity index (χ4v) is 7.08. The predicted octanol–water partition coefficient (Wildman–Crippen LogP) is 2.15. The smallest absolute Gasteiger partial charge is 0.308 e. The van der Waals surface area contributed by atoms with E-state index in [1.54, 1.807) is 13.8 Å². The molecule has 94 valence electrons. The standard InChI is InChI=1S/C9H17O5PS/c1-3-13-15(10,14-4-2)8-5-9(6-8,7-8)16(11)12/h3-7H2,1-2H3,(H,11,12). The van der Waals surface area contributed by atoms with Crippen molar-refractivity contribution < 1.29 is 22.4 Å². The van der Waals surface area contributed by atoms with Gasteiger partial charge in [-0.25, -0.2) is 4.21 Å². The molecule has 3 aliphatic rings. The predicted molar refractivity (Wildman–Crippen MR) is 60.9 cm³/mol. The number of hydrogen-bond donors (Lipinski definition) is 1. The fourth-order valence-electron chi connectivity index (χ4n) is 2.77. The average molecular weight is 268 g/mol. The van der Waals surface area contributed by atoms with Gasteiger partial charge in [-0.3, -0.25) is 4.57 Å². The van der Waals surface area contributed by atoms with E-state index in [0.717, 1.165) is 0 Å². The lowest BCUT2D eigenvalue weighted by Crippen LogP contribution is -2.73. The zero-order chi connectivity index (χ0) is 12.0. The average Bonchev–Trinajstić information content (AvgIpc) is 1.97. The summed E-state index contributed by atoms with van der Waals surface area (Å²) in [5, 5.41) is -0.475. The van der Waals surface area contributed by atoms with Crippen molar-refractivity contribution in [2.24, 2.45) is 0 Å². The van der Waals surface area contributed by atoms with Crippen LogP contribution in [-0.4, -0.2) is 31.9 Å². The van der Waals surface area contributed by atoms with Crippen LogP contribution in [0.3, 0.4) is 0 Å². The highest BCUT2D eigenvalue weighted by molar-refractivity contribution is 7.81. The van der Waals surface area contributed by atoms with Crippen molar-refractivity contribution in [2.75, 3.05) is 13.2 Å². The van der Waals surface area contributed by atoms with Gasteiger partial charge in [-0.15, -0.1) is 0 Å². The van der Waals surface area contributed by atoms with Crippen molar-refractivity contribution in [3.8, 4) is 0 Å². The monoisotopic (exact) mass is 268 g/mol. The van der Waals surface area contributed by atoms with Gasteiger partial charge in [0.25, 0.3) is 0 Å². The summed E-state index contributed by atoms with van der Waals surface area (Å²) >= 11 is -1.82. The molecule has 3 aliphatic carbocycles. The molecule has 1 atom stereocenters. The lowest BCUT2D eigenvalue weighted by Gasteiger charge is -2.68. The molecule has 0 heterocycles. The molecular weight excluding hydrogens is 251 g/mol. The van der Waals surface area contributed by atoms with Crippen molar-refractivity contribution in [2.45, 2.75) is 43.0 Å². The highest BCUT2D eigenvalue weighted by atomic mass is 32.2. The van der Waals surface area contributed by atoms with Gasteiger partial charge < -0.3 is 13.6 Å². The highest BCUT2D eigenvalue weighted by Gasteiger charge is 2.79. The van der Waals surface area contributed by atoms with Gasteiger partial charge in [-0.1, -0.05) is 0 Å². The second-order valence-electron chi connectivity index (χ2n) is 4.52. The zero-order valence-electron chi connectivity index (χ0n) is 9.47. The van der Waals surface area contributed by atoms with Gasteiger partial charge in [0.15, 0.2) is 11.1 Å². The summed E-state index contributed by atoms with van der Waals surface area (Å²) in [7, 11) is -3.10. The SMILES string of the molecule is CCOP(=O)(OCC)C12CC(S(=O)O)(C1)C2. The van der Waals surface area contributed by atoms with Crippen LogP contribution in [0.15, 0.2) is 0 Å². The van der Waals surface area contributed by atoms with Crippen LogP contribution in [0.1, 0.15) is 33.1 Å². The molecular formula is C9H17O5PS. The quantitative estimate of drug-likeness (QED) is 0.590. The van der Waals surface area contributed by atoms with Crippen molar-refractivity contribution >= 4 is 18.7 Å². The molecule has 16 heavy (non-hydrogen) atoms. The molecule has 1 N–H and O–H groups in total. The summed E-state index contributed by atoms with van der Waals surface area (Å²) in [6, 6.07) is 0. The highest BCUT2D eigenvalue weighted by Crippen LogP contribution is 2.82. The third kappa shape index (κ3) is 1.47. The molecule has 0 spiro atoms. The van der Waals surface area contributed by atoms with Crippen LogP contribution in [-0.2, 0) is 24.7 Å². The first kappa shape index (κ1) is 12.7. The van der Waals surface area contributed by atoms with Crippen LogP contribution < -0.4 is 0 Å². The van der Waals surface area contributed by atoms with Gasteiger partial charge in [0, 0.05) is 0 Å². The Balaban J connectivity index is 2.10. The Labute approximate surface area is 97.7 Å². The number of rotatable bonds is 6. The molecule has 0 aromatic carbocycles. The van der Waals surface area contributed by atoms with Crippen LogP contribution in [0, 0.1) is 0 Å². The molecule has 0 radical (unpaired) electrons. The van der Waals surface area contributed by atoms with Crippen LogP contribution in [0.2, 0.25) is 0 Å². The third-order valence-corrected chi connectivity index (χ3v) is 7.51. The minimum atomic E-state index is -3.10. The van der Waals surface area contributed by atoms with E-state index in [4.69, 9.17) is 13.6 Å². The van der Waals surface area contributed by atoms with E-state index >= 15 is 0 Å². The molecule has 0 aromatic rings. The van der Waals surface area contributed by atoms with Gasteiger partial charge in [0.05, 0.1) is 23.1 Å². The molecule has 0 saturated heterocycles. The maximum absolute atomic E-state index is 12.5. The Hall–Kier alpha value is 0.260. The molecule has 3 rings (SSSR count). The summed E-state index contributed by atoms with van der Waals surface area (Å²) in [6.07, 6.45) is 1.46. The molecule has 3 saturated carbocycles. The molecule has 3 fully saturated rings. The molecule has 0 aromatic heterocycles. The first-order valence-electron chi connectivity index (χ1n) is 5.44. The molecule has 5 nitrogen and oxygen atoms in total. The molecule has 1 unspecified atom stereocenters. The first-order valence-corrected chi connectivity index (χ1v) is 8.09. The Morgan fingerprint density at radius 1 is 1.25 bits per heavy atom. The van der Waals surface area contributed by atoms with Crippen molar-refractivity contribution in [1.82, 2.24) is 0 Å². The second-order valence-corrected chi connectivity index (χ2v) is 8.34. The topological polar surface area (TPSA) is 72.8 Å². The maximum Gasteiger partial charge on any atom is 0.336 e. The van der Waals surface area contributed by atoms with Crippen LogP contribution in [0.25, 0.3) is 0 Å². The van der Waals surface area contributed by atoms with Crippen molar-refractivity contribution in [3.63, 3.8) is 0 Å². The summed E-state index contributed by atoms with van der Waals surface area (Å²) in [5.74, 6) is 0. The molecule has 2 bridgehead atoms. The molecule has 0 amide bonds. The summed E-state index contributed by atoms with van der Waals surface area (Å²) in [6.45, 7) is 4.23. The Kier molecular flexibility index (Phi) is 3.09. The van der Waals surface area contributed by atoms with E-state index in [1.807, 2.05) is 0 Å². The largest absolute Gasteiger partial charge is 0.336 e. The van der Waals surface area contributed by atoms with E-state index < -0.39 is 28.6 Å². The van der Waals surface area contributed by atoms with Gasteiger partial charge in [-0.2, -0.15) is 0 Å². The van der Waals surface area contributed by atoms with E-state index in [9.17, 15) is 8.77 Å². The summed E-state index contributed by atoms with van der Waals surface area (Å²) < 4.78 is 42.7. The van der Waals surface area contributed by atoms with E-state index in [2.05, 4.69) is 0 Å². The minimum absolute atomic E-state index is 0.342. The third-order valence-electron chi connectivity index (χ3n) is 3.50. The van der Waals surface area contributed by atoms with E-state index in [0.29, 0.717) is 32.5 Å². The van der Waals surface area contributed by atoms with Crippen LogP contribution >= 0.6 is 7.60 Å². The minimum Gasteiger partial charge on any atom is -0.308 e. The Bertz CT molecular complexity index is 339. The van der Waals surface area contributed by atoms with Gasteiger partial charge >= 0.3 is 7.60 Å². The van der Waals surface area contributed by atoms with E-state index in [1.165, 1.54) is 0 Å². The van der Waals surface area contributed by atoms with Crippen molar-refractivity contribution in [1.29, 1.82) is 0 Å². The van der Waals surface area contributed by atoms with Crippen molar-refractivity contribution in [3.05, 3.63) is 0 Å². The fraction of sp³-hybridized carbons (Fsp3) is 1.00. The van der Waals surface area contributed by atoms with Gasteiger partial charge in [0.1, 0.15) is 0 Å². The maximum atomic E-state index is 12.5. The molecule has 0 aliphatic heterocycles. The summed E-state index contributed by atoms with van der Waals surface area (Å²) in [5.41, 5.74) is 0. The Morgan fingerprint density at radius 3 is 2.00 bits per heavy atom. The van der Waals surface area contributed by atoms with Gasteiger partial charge in [-0.05, 0) is 33.1 Å². The second kappa shape index (κ2) is 3.89. The van der Waals surface area contributed by atoms with Crippen LogP contribution in [0.4, 0.5) is 0 Å².